The molecule has 0 aliphatic carbocycles. The van der Waals surface area contributed by atoms with Crippen molar-refractivity contribution in [2.45, 2.75) is 40.5 Å². The summed E-state index contributed by atoms with van der Waals surface area (Å²) >= 11 is 0. The topological polar surface area (TPSA) is 52.6 Å². The Morgan fingerprint density at radius 1 is 1.20 bits per heavy atom. The van der Waals surface area contributed by atoms with Crippen LogP contribution in [0.2, 0.25) is 0 Å². The molecular weight excluding hydrogens is 256 g/mol. The lowest BCUT2D eigenvalue weighted by molar-refractivity contribution is -0.141. The van der Waals surface area contributed by atoms with Gasteiger partial charge in [0, 0.05) is 18.4 Å². The maximum absolute atomic E-state index is 11.8. The van der Waals surface area contributed by atoms with E-state index in [0.717, 1.165) is 11.1 Å². The number of benzene rings is 1. The minimum absolute atomic E-state index is 0.0329. The van der Waals surface area contributed by atoms with Crippen LogP contribution in [0, 0.1) is 12.8 Å². The number of hydrogen-bond acceptors (Lipinski definition) is 4. The first-order valence-electron chi connectivity index (χ1n) is 6.76. The van der Waals surface area contributed by atoms with Crippen molar-refractivity contribution in [1.82, 2.24) is 0 Å². The van der Waals surface area contributed by atoms with E-state index in [1.807, 2.05) is 32.0 Å². The van der Waals surface area contributed by atoms with Gasteiger partial charge >= 0.3 is 11.9 Å². The van der Waals surface area contributed by atoms with E-state index in [4.69, 9.17) is 9.47 Å². The first-order valence-corrected chi connectivity index (χ1v) is 6.76. The predicted molar refractivity (Wildman–Crippen MR) is 76.7 cm³/mol. The highest BCUT2D eigenvalue weighted by Gasteiger charge is 2.17. The molecule has 0 radical (unpaired) electrons. The van der Waals surface area contributed by atoms with Crippen molar-refractivity contribution < 1.29 is 19.1 Å². The molecule has 0 N–H and O–H groups in total. The van der Waals surface area contributed by atoms with Crippen LogP contribution in [0.15, 0.2) is 18.2 Å². The summed E-state index contributed by atoms with van der Waals surface area (Å²) < 4.78 is 10.5. The molecule has 4 nitrogen and oxygen atoms in total. The third kappa shape index (κ3) is 4.68. The molecule has 0 aromatic heterocycles. The fraction of sp³-hybridized carbons (Fsp3) is 0.500. The summed E-state index contributed by atoms with van der Waals surface area (Å²) in [5.74, 6) is -0.258. The summed E-state index contributed by atoms with van der Waals surface area (Å²) in [7, 11) is 0. The van der Waals surface area contributed by atoms with Crippen LogP contribution in [0.25, 0.3) is 0 Å². The van der Waals surface area contributed by atoms with E-state index in [2.05, 4.69) is 0 Å². The van der Waals surface area contributed by atoms with Gasteiger partial charge in [0.15, 0.2) is 0 Å². The van der Waals surface area contributed by atoms with E-state index in [0.29, 0.717) is 5.75 Å². The Bertz CT molecular complexity index is 491. The molecule has 0 amide bonds. The standard InChI is InChI=1S/C16H22O4/c1-10(2)16(18)20-15-8-11(3)6-7-14(15)12(4)9-19-13(5)17/h6-8,10,12H,9H2,1-5H3/t12-/m1/s1. The molecule has 0 spiro atoms. The van der Waals surface area contributed by atoms with Crippen LogP contribution in [0.5, 0.6) is 5.75 Å². The second-order valence-electron chi connectivity index (χ2n) is 5.32. The van der Waals surface area contributed by atoms with Gasteiger partial charge < -0.3 is 9.47 Å². The Morgan fingerprint density at radius 2 is 1.85 bits per heavy atom. The van der Waals surface area contributed by atoms with Gasteiger partial charge in [-0.25, -0.2) is 0 Å². The monoisotopic (exact) mass is 278 g/mol. The van der Waals surface area contributed by atoms with Crippen molar-refractivity contribution in [3.8, 4) is 5.75 Å². The first kappa shape index (κ1) is 16.2. The fourth-order valence-corrected chi connectivity index (χ4v) is 1.70. The number of carbonyl (C=O) groups is 2. The molecular formula is C16H22O4. The second kappa shape index (κ2) is 7.08. The average Bonchev–Trinajstić information content (AvgIpc) is 2.35. The lowest BCUT2D eigenvalue weighted by Crippen LogP contribution is -2.17. The number of rotatable bonds is 5. The van der Waals surface area contributed by atoms with Gasteiger partial charge in [-0.3, -0.25) is 9.59 Å². The summed E-state index contributed by atoms with van der Waals surface area (Å²) in [5, 5.41) is 0. The number of esters is 2. The molecule has 110 valence electrons. The lowest BCUT2D eigenvalue weighted by Gasteiger charge is -2.17. The van der Waals surface area contributed by atoms with Crippen molar-refractivity contribution in [2.75, 3.05) is 6.61 Å². The zero-order valence-electron chi connectivity index (χ0n) is 12.7. The van der Waals surface area contributed by atoms with Crippen LogP contribution in [0.4, 0.5) is 0 Å². The highest BCUT2D eigenvalue weighted by atomic mass is 16.5. The molecule has 1 aromatic rings. The highest BCUT2D eigenvalue weighted by molar-refractivity contribution is 5.74. The van der Waals surface area contributed by atoms with Gasteiger partial charge in [0.25, 0.3) is 0 Å². The van der Waals surface area contributed by atoms with Crippen molar-refractivity contribution in [3.05, 3.63) is 29.3 Å². The predicted octanol–water partition coefficient (Wildman–Crippen LogP) is 3.22. The van der Waals surface area contributed by atoms with E-state index < -0.39 is 0 Å². The second-order valence-corrected chi connectivity index (χ2v) is 5.32. The quantitative estimate of drug-likeness (QED) is 0.613. The SMILES string of the molecule is CC(=O)OC[C@@H](C)c1ccc(C)cc1OC(=O)C(C)C. The van der Waals surface area contributed by atoms with E-state index in [1.54, 1.807) is 13.8 Å². The Labute approximate surface area is 120 Å². The Hall–Kier alpha value is -1.84. The zero-order chi connectivity index (χ0) is 15.3. The smallest absolute Gasteiger partial charge is 0.313 e. The minimum Gasteiger partial charge on any atom is -0.465 e. The van der Waals surface area contributed by atoms with Crippen molar-refractivity contribution in [3.63, 3.8) is 0 Å². The maximum Gasteiger partial charge on any atom is 0.313 e. The van der Waals surface area contributed by atoms with Crippen molar-refractivity contribution in [1.29, 1.82) is 0 Å². The van der Waals surface area contributed by atoms with E-state index in [1.165, 1.54) is 6.92 Å². The largest absolute Gasteiger partial charge is 0.465 e. The van der Waals surface area contributed by atoms with Crippen molar-refractivity contribution >= 4 is 11.9 Å². The van der Waals surface area contributed by atoms with E-state index in [-0.39, 0.29) is 30.4 Å². The molecule has 0 saturated heterocycles. The molecule has 4 heteroatoms. The van der Waals surface area contributed by atoms with Gasteiger partial charge in [-0.15, -0.1) is 0 Å². The molecule has 0 fully saturated rings. The number of aryl methyl sites for hydroxylation is 1. The first-order chi connectivity index (χ1) is 9.31. The van der Waals surface area contributed by atoms with Gasteiger partial charge in [0.1, 0.15) is 5.75 Å². The van der Waals surface area contributed by atoms with Crippen molar-refractivity contribution in [2.24, 2.45) is 5.92 Å². The van der Waals surface area contributed by atoms with E-state index in [9.17, 15) is 9.59 Å². The molecule has 0 heterocycles. The fourth-order valence-electron chi connectivity index (χ4n) is 1.70. The highest BCUT2D eigenvalue weighted by Crippen LogP contribution is 2.28. The van der Waals surface area contributed by atoms with Gasteiger partial charge in [-0.05, 0) is 18.6 Å². The third-order valence-corrected chi connectivity index (χ3v) is 2.92. The molecule has 0 unspecified atom stereocenters. The third-order valence-electron chi connectivity index (χ3n) is 2.92. The average molecular weight is 278 g/mol. The van der Waals surface area contributed by atoms with Crippen LogP contribution < -0.4 is 4.74 Å². The molecule has 0 aliphatic rings. The normalized spacial score (nSPS) is 12.1. The summed E-state index contributed by atoms with van der Waals surface area (Å²) in [5.41, 5.74) is 1.88. The summed E-state index contributed by atoms with van der Waals surface area (Å²) in [6, 6.07) is 5.69. The van der Waals surface area contributed by atoms with Gasteiger partial charge in [0.2, 0.25) is 0 Å². The Balaban J connectivity index is 2.94. The summed E-state index contributed by atoms with van der Waals surface area (Å²) in [6.45, 7) is 9.10. The molecule has 0 bridgehead atoms. The van der Waals surface area contributed by atoms with E-state index >= 15 is 0 Å². The lowest BCUT2D eigenvalue weighted by atomic mass is 9.99. The Morgan fingerprint density at radius 3 is 2.40 bits per heavy atom. The van der Waals surface area contributed by atoms with Crippen LogP contribution in [-0.2, 0) is 14.3 Å². The molecule has 1 atom stereocenters. The van der Waals surface area contributed by atoms with Gasteiger partial charge in [0.05, 0.1) is 12.5 Å². The Kier molecular flexibility index (Phi) is 5.74. The summed E-state index contributed by atoms with van der Waals surface area (Å²) in [4.78, 5) is 22.6. The number of carbonyl (C=O) groups excluding carboxylic acids is 2. The van der Waals surface area contributed by atoms with Gasteiger partial charge in [-0.1, -0.05) is 32.9 Å². The molecule has 0 saturated carbocycles. The summed E-state index contributed by atoms with van der Waals surface area (Å²) in [6.07, 6.45) is 0. The molecule has 0 aliphatic heterocycles. The molecule has 20 heavy (non-hydrogen) atoms. The zero-order valence-corrected chi connectivity index (χ0v) is 12.7. The number of hydrogen-bond donors (Lipinski definition) is 0. The van der Waals surface area contributed by atoms with Crippen LogP contribution in [-0.4, -0.2) is 18.5 Å². The van der Waals surface area contributed by atoms with Gasteiger partial charge in [-0.2, -0.15) is 0 Å². The molecule has 1 aromatic carbocycles. The molecule has 1 rings (SSSR count). The number of ether oxygens (including phenoxy) is 2. The maximum atomic E-state index is 11.8. The minimum atomic E-state index is -0.315. The van der Waals surface area contributed by atoms with Crippen LogP contribution >= 0.6 is 0 Å². The van der Waals surface area contributed by atoms with Crippen LogP contribution in [0.1, 0.15) is 44.7 Å². The van der Waals surface area contributed by atoms with Crippen LogP contribution in [0.3, 0.4) is 0 Å².